The highest BCUT2D eigenvalue weighted by molar-refractivity contribution is 7.89. The molecule has 1 aliphatic rings. The van der Waals surface area contributed by atoms with Crippen molar-refractivity contribution in [3.8, 4) is 0 Å². The second kappa shape index (κ2) is 9.81. The van der Waals surface area contributed by atoms with Gasteiger partial charge in [0.05, 0.1) is 12.2 Å². The number of morpholine rings is 1. The number of rotatable bonds is 7. The Kier molecular flexibility index (Phi) is 6.89. The zero-order chi connectivity index (χ0) is 22.6. The van der Waals surface area contributed by atoms with E-state index in [2.05, 4.69) is 9.88 Å². The van der Waals surface area contributed by atoms with Crippen LogP contribution in [0.5, 0.6) is 0 Å². The van der Waals surface area contributed by atoms with Gasteiger partial charge in [0, 0.05) is 32.4 Å². The summed E-state index contributed by atoms with van der Waals surface area (Å²) in [4.78, 5) is 6.84. The number of aromatic nitrogens is 1. The van der Waals surface area contributed by atoms with E-state index in [1.807, 2.05) is 74.5 Å². The van der Waals surface area contributed by atoms with Crippen LogP contribution in [0.25, 0.3) is 0 Å². The molecule has 2 atom stereocenters. The highest BCUT2D eigenvalue weighted by Crippen LogP contribution is 2.24. The Hall–Kier alpha value is -2.74. The zero-order valence-corrected chi connectivity index (χ0v) is 19.3. The molecular formula is C25H29N3O3S. The Morgan fingerprint density at radius 3 is 1.88 bits per heavy atom. The molecule has 4 rings (SSSR count). The van der Waals surface area contributed by atoms with Crippen molar-refractivity contribution in [1.29, 1.82) is 0 Å². The van der Waals surface area contributed by atoms with Gasteiger partial charge in [0.15, 0.2) is 0 Å². The van der Waals surface area contributed by atoms with Crippen molar-refractivity contribution < 1.29 is 13.2 Å². The monoisotopic (exact) mass is 451 g/mol. The average Bonchev–Trinajstić information content (AvgIpc) is 2.79. The van der Waals surface area contributed by atoms with Crippen LogP contribution in [0.15, 0.2) is 83.9 Å². The van der Waals surface area contributed by atoms with Gasteiger partial charge in [0.25, 0.3) is 0 Å². The molecule has 0 radical (unpaired) electrons. The predicted molar refractivity (Wildman–Crippen MR) is 126 cm³/mol. The maximum absolute atomic E-state index is 13.6. The van der Waals surface area contributed by atoms with Crippen LogP contribution in [0.1, 0.15) is 25.0 Å². The van der Waals surface area contributed by atoms with Crippen LogP contribution in [0.4, 0.5) is 5.82 Å². The van der Waals surface area contributed by atoms with Crippen LogP contribution in [-0.4, -0.2) is 43.0 Å². The standard InChI is InChI=1S/C25H29N3O3S/c1-20-16-27(17-21(2)31-20)25-14-13-24(15-26-25)32(29,30)28(18-22-9-5-3-6-10-22)19-23-11-7-4-8-12-23/h3-15,20-21H,16-19H2,1-2H3/t20-,21-/m1/s1. The predicted octanol–water partition coefficient (Wildman–Crippen LogP) is 4.09. The lowest BCUT2D eigenvalue weighted by molar-refractivity contribution is -0.00546. The summed E-state index contributed by atoms with van der Waals surface area (Å²) < 4.78 is 34.5. The Morgan fingerprint density at radius 1 is 0.875 bits per heavy atom. The Labute approximate surface area is 190 Å². The maximum Gasteiger partial charge on any atom is 0.245 e. The summed E-state index contributed by atoms with van der Waals surface area (Å²) >= 11 is 0. The normalized spacial score (nSPS) is 19.3. The molecule has 3 aromatic rings. The smallest absolute Gasteiger partial charge is 0.245 e. The molecule has 0 unspecified atom stereocenters. The molecule has 1 fully saturated rings. The Bertz CT molecular complexity index is 1050. The lowest BCUT2D eigenvalue weighted by Crippen LogP contribution is -2.45. The van der Waals surface area contributed by atoms with E-state index in [4.69, 9.17) is 4.74 Å². The van der Waals surface area contributed by atoms with Crippen LogP contribution in [0, 0.1) is 0 Å². The van der Waals surface area contributed by atoms with Gasteiger partial charge in [-0.15, -0.1) is 0 Å². The molecular weight excluding hydrogens is 422 g/mol. The fourth-order valence-electron chi connectivity index (χ4n) is 4.03. The molecule has 0 spiro atoms. The molecule has 0 aliphatic carbocycles. The quantitative estimate of drug-likeness (QED) is 0.542. The van der Waals surface area contributed by atoms with Gasteiger partial charge in [-0.1, -0.05) is 60.7 Å². The first kappa shape index (κ1) is 22.5. The van der Waals surface area contributed by atoms with Gasteiger partial charge in [-0.2, -0.15) is 4.31 Å². The minimum atomic E-state index is -3.74. The van der Waals surface area contributed by atoms with Crippen molar-refractivity contribution in [3.63, 3.8) is 0 Å². The van der Waals surface area contributed by atoms with Gasteiger partial charge in [-0.25, -0.2) is 13.4 Å². The summed E-state index contributed by atoms with van der Waals surface area (Å²) in [5.41, 5.74) is 1.88. The van der Waals surface area contributed by atoms with Gasteiger partial charge in [-0.05, 0) is 37.1 Å². The minimum Gasteiger partial charge on any atom is -0.372 e. The summed E-state index contributed by atoms with van der Waals surface area (Å²) in [5.74, 6) is 0.767. The zero-order valence-electron chi connectivity index (χ0n) is 18.5. The fraction of sp³-hybridized carbons (Fsp3) is 0.320. The average molecular weight is 452 g/mol. The molecule has 6 nitrogen and oxygen atoms in total. The molecule has 2 heterocycles. The Balaban J connectivity index is 1.59. The van der Waals surface area contributed by atoms with Crippen LogP contribution >= 0.6 is 0 Å². The summed E-state index contributed by atoms with van der Waals surface area (Å²) in [5, 5.41) is 0. The third kappa shape index (κ3) is 5.35. The highest BCUT2D eigenvalue weighted by Gasteiger charge is 2.27. The van der Waals surface area contributed by atoms with E-state index in [9.17, 15) is 8.42 Å². The third-order valence-electron chi connectivity index (χ3n) is 5.51. The first-order valence-corrected chi connectivity index (χ1v) is 12.3. The van der Waals surface area contributed by atoms with E-state index in [1.54, 1.807) is 12.1 Å². The maximum atomic E-state index is 13.6. The van der Waals surface area contributed by atoms with Crippen LogP contribution in [-0.2, 0) is 27.8 Å². The molecule has 32 heavy (non-hydrogen) atoms. The van der Waals surface area contributed by atoms with Crippen LogP contribution < -0.4 is 4.90 Å². The highest BCUT2D eigenvalue weighted by atomic mass is 32.2. The molecule has 7 heteroatoms. The van der Waals surface area contributed by atoms with Crippen molar-refractivity contribution in [2.75, 3.05) is 18.0 Å². The van der Waals surface area contributed by atoms with Gasteiger partial charge in [0.2, 0.25) is 10.0 Å². The molecule has 1 aromatic heterocycles. The van der Waals surface area contributed by atoms with E-state index in [0.29, 0.717) is 0 Å². The number of hydrogen-bond donors (Lipinski definition) is 0. The number of anilines is 1. The fourth-order valence-corrected chi connectivity index (χ4v) is 5.39. The molecule has 168 valence electrons. The first-order valence-electron chi connectivity index (χ1n) is 10.9. The van der Waals surface area contributed by atoms with Gasteiger partial charge in [-0.3, -0.25) is 0 Å². The largest absolute Gasteiger partial charge is 0.372 e. The van der Waals surface area contributed by atoms with Crippen molar-refractivity contribution >= 4 is 15.8 Å². The van der Waals surface area contributed by atoms with Crippen molar-refractivity contribution in [2.45, 2.75) is 44.0 Å². The first-order chi connectivity index (χ1) is 15.4. The Morgan fingerprint density at radius 2 is 1.41 bits per heavy atom. The number of nitrogens with zero attached hydrogens (tertiary/aromatic N) is 3. The van der Waals surface area contributed by atoms with Gasteiger partial charge in [0.1, 0.15) is 10.7 Å². The van der Waals surface area contributed by atoms with Crippen LogP contribution in [0.2, 0.25) is 0 Å². The molecule has 1 saturated heterocycles. The summed E-state index contributed by atoms with van der Waals surface area (Å²) in [6, 6.07) is 22.7. The summed E-state index contributed by atoms with van der Waals surface area (Å²) in [6.07, 6.45) is 1.69. The number of ether oxygens (including phenoxy) is 1. The van der Waals surface area contributed by atoms with E-state index < -0.39 is 10.0 Å². The van der Waals surface area contributed by atoms with E-state index in [0.717, 1.165) is 30.0 Å². The van der Waals surface area contributed by atoms with Crippen molar-refractivity contribution in [3.05, 3.63) is 90.1 Å². The minimum absolute atomic E-state index is 0.108. The topological polar surface area (TPSA) is 62.7 Å². The summed E-state index contributed by atoms with van der Waals surface area (Å²) in [7, 11) is -3.74. The van der Waals surface area contributed by atoms with E-state index >= 15 is 0 Å². The molecule has 2 aromatic carbocycles. The van der Waals surface area contributed by atoms with Crippen molar-refractivity contribution in [2.24, 2.45) is 0 Å². The molecule has 0 bridgehead atoms. The van der Waals surface area contributed by atoms with Crippen molar-refractivity contribution in [1.82, 2.24) is 9.29 Å². The van der Waals surface area contributed by atoms with E-state index in [1.165, 1.54) is 10.5 Å². The molecule has 0 amide bonds. The molecule has 0 N–H and O–H groups in total. The second-order valence-corrected chi connectivity index (χ2v) is 10.2. The lowest BCUT2D eigenvalue weighted by Gasteiger charge is -2.36. The lowest BCUT2D eigenvalue weighted by atomic mass is 10.2. The number of sulfonamides is 1. The van der Waals surface area contributed by atoms with E-state index in [-0.39, 0.29) is 30.2 Å². The summed E-state index contributed by atoms with van der Waals surface area (Å²) in [6.45, 7) is 6.12. The number of benzene rings is 2. The second-order valence-electron chi connectivity index (χ2n) is 8.26. The van der Waals surface area contributed by atoms with Gasteiger partial charge >= 0.3 is 0 Å². The van der Waals surface area contributed by atoms with Gasteiger partial charge < -0.3 is 9.64 Å². The van der Waals surface area contributed by atoms with Crippen LogP contribution in [0.3, 0.4) is 0 Å². The molecule has 1 aliphatic heterocycles. The third-order valence-corrected chi connectivity index (χ3v) is 7.28. The number of pyridine rings is 1. The molecule has 0 saturated carbocycles. The SMILES string of the molecule is C[C@@H]1CN(c2ccc(S(=O)(=O)N(Cc3ccccc3)Cc3ccccc3)cn2)C[C@@H](C)O1. The number of hydrogen-bond acceptors (Lipinski definition) is 5.